The monoisotopic (exact) mass is 305 g/mol. The van der Waals surface area contributed by atoms with E-state index in [-0.39, 0.29) is 0 Å². The third-order valence-corrected chi connectivity index (χ3v) is 3.23. The van der Waals surface area contributed by atoms with Crippen molar-refractivity contribution in [1.82, 2.24) is 0 Å². The van der Waals surface area contributed by atoms with Gasteiger partial charge in [-0.3, -0.25) is 0 Å². The molecule has 112 valence electrons. The van der Waals surface area contributed by atoms with Crippen LogP contribution in [-0.2, 0) is 0 Å². The molecule has 2 rings (SSSR count). The summed E-state index contributed by atoms with van der Waals surface area (Å²) in [7, 11) is 0. The Hall–Kier alpha value is -1.87. The topological polar surface area (TPSA) is 30.5 Å². The van der Waals surface area contributed by atoms with Crippen molar-refractivity contribution in [3.63, 3.8) is 0 Å². The molecule has 0 unspecified atom stereocenters. The zero-order valence-electron chi connectivity index (χ0n) is 12.4. The summed E-state index contributed by atoms with van der Waals surface area (Å²) < 4.78 is 11.1. The van der Waals surface area contributed by atoms with E-state index < -0.39 is 0 Å². The van der Waals surface area contributed by atoms with Gasteiger partial charge in [0.25, 0.3) is 0 Å². The number of hydrogen-bond acceptors (Lipinski definition) is 3. The van der Waals surface area contributed by atoms with Crippen molar-refractivity contribution in [1.29, 1.82) is 0 Å². The van der Waals surface area contributed by atoms with E-state index in [1.807, 2.05) is 56.3 Å². The van der Waals surface area contributed by atoms with Gasteiger partial charge in [-0.2, -0.15) is 0 Å². The van der Waals surface area contributed by atoms with Crippen LogP contribution >= 0.6 is 11.6 Å². The van der Waals surface area contributed by atoms with Gasteiger partial charge in [0.1, 0.15) is 18.1 Å². The fourth-order valence-corrected chi connectivity index (χ4v) is 2.19. The molecule has 21 heavy (non-hydrogen) atoms. The van der Waals surface area contributed by atoms with Crippen LogP contribution in [-0.4, -0.2) is 19.8 Å². The predicted molar refractivity (Wildman–Crippen MR) is 87.8 cm³/mol. The minimum absolute atomic E-state index is 0.593. The Morgan fingerprint density at radius 2 is 1.81 bits per heavy atom. The molecule has 0 aliphatic heterocycles. The summed E-state index contributed by atoms with van der Waals surface area (Å²) in [4.78, 5) is 0. The minimum atomic E-state index is 0.593. The van der Waals surface area contributed by atoms with Crippen LogP contribution in [0.5, 0.6) is 11.5 Å². The van der Waals surface area contributed by atoms with E-state index in [1.165, 1.54) is 0 Å². The second-order valence-electron chi connectivity index (χ2n) is 4.64. The molecule has 0 fully saturated rings. The fourth-order valence-electron chi connectivity index (χ4n) is 1.97. The summed E-state index contributed by atoms with van der Waals surface area (Å²) >= 11 is 5.92. The second-order valence-corrected chi connectivity index (χ2v) is 5.08. The average Bonchev–Trinajstić information content (AvgIpc) is 2.47. The van der Waals surface area contributed by atoms with Gasteiger partial charge in [0.05, 0.1) is 6.61 Å². The Balaban J connectivity index is 1.76. The van der Waals surface area contributed by atoms with Crippen molar-refractivity contribution in [2.75, 3.05) is 25.1 Å². The Morgan fingerprint density at radius 1 is 1.05 bits per heavy atom. The van der Waals surface area contributed by atoms with Gasteiger partial charge in [-0.1, -0.05) is 11.6 Å². The zero-order valence-corrected chi connectivity index (χ0v) is 13.1. The normalized spacial score (nSPS) is 10.2. The third kappa shape index (κ3) is 4.87. The molecule has 0 heterocycles. The highest BCUT2D eigenvalue weighted by molar-refractivity contribution is 6.30. The SMILES string of the molecule is CCOc1ccc(NCCOc2ccc(Cl)cc2C)cc1. The lowest BCUT2D eigenvalue weighted by atomic mass is 10.2. The number of aryl methyl sites for hydroxylation is 1. The number of anilines is 1. The average molecular weight is 306 g/mol. The van der Waals surface area contributed by atoms with E-state index in [9.17, 15) is 0 Å². The molecule has 1 N–H and O–H groups in total. The number of nitrogens with one attached hydrogen (secondary N) is 1. The zero-order chi connectivity index (χ0) is 15.1. The molecule has 0 amide bonds. The van der Waals surface area contributed by atoms with Crippen molar-refractivity contribution in [3.8, 4) is 11.5 Å². The Morgan fingerprint density at radius 3 is 2.48 bits per heavy atom. The smallest absolute Gasteiger partial charge is 0.122 e. The van der Waals surface area contributed by atoms with Crippen molar-refractivity contribution < 1.29 is 9.47 Å². The number of hydrogen-bond donors (Lipinski definition) is 1. The van der Waals surface area contributed by atoms with Crippen LogP contribution < -0.4 is 14.8 Å². The van der Waals surface area contributed by atoms with Crippen LogP contribution in [0.1, 0.15) is 12.5 Å². The molecule has 0 saturated carbocycles. The van der Waals surface area contributed by atoms with Gasteiger partial charge in [-0.15, -0.1) is 0 Å². The number of rotatable bonds is 7. The van der Waals surface area contributed by atoms with Crippen LogP contribution in [0.2, 0.25) is 5.02 Å². The third-order valence-electron chi connectivity index (χ3n) is 2.99. The summed E-state index contributed by atoms with van der Waals surface area (Å²) in [5.74, 6) is 1.75. The Kier molecular flexibility index (Phi) is 5.76. The van der Waals surface area contributed by atoms with Crippen molar-refractivity contribution in [2.24, 2.45) is 0 Å². The molecule has 2 aromatic carbocycles. The maximum absolute atomic E-state index is 5.92. The highest BCUT2D eigenvalue weighted by Crippen LogP contribution is 2.21. The van der Waals surface area contributed by atoms with Gasteiger partial charge in [0.15, 0.2) is 0 Å². The highest BCUT2D eigenvalue weighted by atomic mass is 35.5. The molecule has 4 heteroatoms. The van der Waals surface area contributed by atoms with Crippen molar-refractivity contribution >= 4 is 17.3 Å². The lowest BCUT2D eigenvalue weighted by Crippen LogP contribution is -2.11. The highest BCUT2D eigenvalue weighted by Gasteiger charge is 2.00. The van der Waals surface area contributed by atoms with Crippen LogP contribution in [0, 0.1) is 6.92 Å². The molecular weight excluding hydrogens is 286 g/mol. The van der Waals surface area contributed by atoms with E-state index >= 15 is 0 Å². The van der Waals surface area contributed by atoms with Gasteiger partial charge >= 0.3 is 0 Å². The quantitative estimate of drug-likeness (QED) is 0.762. The molecule has 3 nitrogen and oxygen atoms in total. The number of halogens is 1. The van der Waals surface area contributed by atoms with Gasteiger partial charge in [0, 0.05) is 17.3 Å². The van der Waals surface area contributed by atoms with Crippen LogP contribution in [0.4, 0.5) is 5.69 Å². The summed E-state index contributed by atoms with van der Waals surface area (Å²) in [6.07, 6.45) is 0. The van der Waals surface area contributed by atoms with Gasteiger partial charge in [-0.05, 0) is 61.9 Å². The van der Waals surface area contributed by atoms with Crippen LogP contribution in [0.3, 0.4) is 0 Å². The summed E-state index contributed by atoms with van der Waals surface area (Å²) in [6, 6.07) is 13.5. The minimum Gasteiger partial charge on any atom is -0.494 e. The number of ether oxygens (including phenoxy) is 2. The molecule has 0 spiro atoms. The molecule has 0 aromatic heterocycles. The van der Waals surface area contributed by atoms with Gasteiger partial charge in [0.2, 0.25) is 0 Å². The maximum Gasteiger partial charge on any atom is 0.122 e. The molecular formula is C17H20ClNO2. The van der Waals surface area contributed by atoms with Crippen molar-refractivity contribution in [2.45, 2.75) is 13.8 Å². The van der Waals surface area contributed by atoms with Crippen LogP contribution in [0.25, 0.3) is 0 Å². The molecule has 0 atom stereocenters. The molecule has 0 radical (unpaired) electrons. The van der Waals surface area contributed by atoms with E-state index in [4.69, 9.17) is 21.1 Å². The lowest BCUT2D eigenvalue weighted by molar-refractivity contribution is 0.330. The summed E-state index contributed by atoms with van der Waals surface area (Å²) in [5, 5.41) is 4.04. The number of benzene rings is 2. The first-order chi connectivity index (χ1) is 10.2. The Labute approximate surface area is 130 Å². The van der Waals surface area contributed by atoms with E-state index in [0.29, 0.717) is 13.2 Å². The maximum atomic E-state index is 5.92. The Bertz CT molecular complexity index is 570. The van der Waals surface area contributed by atoms with Gasteiger partial charge < -0.3 is 14.8 Å². The predicted octanol–water partition coefficient (Wildman–Crippen LogP) is 4.54. The van der Waals surface area contributed by atoms with Crippen molar-refractivity contribution in [3.05, 3.63) is 53.1 Å². The lowest BCUT2D eigenvalue weighted by Gasteiger charge is -2.11. The summed E-state index contributed by atoms with van der Waals surface area (Å²) in [6.45, 7) is 5.97. The van der Waals surface area contributed by atoms with E-state index in [2.05, 4.69) is 5.32 Å². The van der Waals surface area contributed by atoms with E-state index in [1.54, 1.807) is 0 Å². The standard InChI is InChI=1S/C17H20ClNO2/c1-3-20-16-7-5-15(6-8-16)19-10-11-21-17-9-4-14(18)12-13(17)2/h4-9,12,19H,3,10-11H2,1-2H3. The fraction of sp³-hybridized carbons (Fsp3) is 0.294. The second kappa shape index (κ2) is 7.79. The first-order valence-corrected chi connectivity index (χ1v) is 7.42. The molecule has 0 bridgehead atoms. The van der Waals surface area contributed by atoms with Crippen LogP contribution in [0.15, 0.2) is 42.5 Å². The molecule has 0 aliphatic rings. The molecule has 2 aromatic rings. The summed E-state index contributed by atoms with van der Waals surface area (Å²) in [5.41, 5.74) is 2.10. The van der Waals surface area contributed by atoms with E-state index in [0.717, 1.165) is 34.3 Å². The van der Waals surface area contributed by atoms with Gasteiger partial charge in [-0.25, -0.2) is 0 Å². The molecule has 0 saturated heterocycles. The first kappa shape index (κ1) is 15.5. The largest absolute Gasteiger partial charge is 0.494 e. The molecule has 0 aliphatic carbocycles. The first-order valence-electron chi connectivity index (χ1n) is 7.04.